The van der Waals surface area contributed by atoms with Crippen LogP contribution in [-0.4, -0.2) is 24.9 Å². The van der Waals surface area contributed by atoms with Gasteiger partial charge < -0.3 is 15.8 Å². The Morgan fingerprint density at radius 3 is 2.26 bits per heavy atom. The number of aryl methyl sites for hydroxylation is 1. The lowest BCUT2D eigenvalue weighted by Gasteiger charge is -2.13. The molecular weight excluding hydrogens is 502 g/mol. The van der Waals surface area contributed by atoms with E-state index in [0.29, 0.717) is 22.0 Å². The van der Waals surface area contributed by atoms with Crippen LogP contribution in [0.1, 0.15) is 21.5 Å². The van der Waals surface area contributed by atoms with Crippen LogP contribution in [0.25, 0.3) is 0 Å². The van der Waals surface area contributed by atoms with Crippen molar-refractivity contribution in [1.29, 1.82) is 0 Å². The molecule has 0 heterocycles. The Bertz CT molecular complexity index is 1300. The molecular formula is C25H20Cl2F3N3O2. The summed E-state index contributed by atoms with van der Waals surface area (Å²) in [7, 11) is 1.45. The number of carbonyl (C=O) groups is 1. The maximum atomic E-state index is 13.1. The number of nitrogens with zero attached hydrogens (tertiary/aromatic N) is 1. The number of halogens is 5. The molecule has 0 saturated heterocycles. The predicted molar refractivity (Wildman–Crippen MR) is 133 cm³/mol. The maximum absolute atomic E-state index is 13.1. The molecule has 0 aliphatic carbocycles. The molecule has 5 nitrogen and oxygen atoms in total. The number of allylic oxidation sites excluding steroid dienone is 2. The van der Waals surface area contributed by atoms with E-state index in [9.17, 15) is 18.0 Å². The Balaban J connectivity index is 1.95. The van der Waals surface area contributed by atoms with Gasteiger partial charge in [0.2, 0.25) is 0 Å². The number of aliphatic imine (C=N–C) groups is 1. The summed E-state index contributed by atoms with van der Waals surface area (Å²) in [5, 5.41) is 3.49. The molecule has 0 aromatic heterocycles. The Morgan fingerprint density at radius 1 is 1.03 bits per heavy atom. The van der Waals surface area contributed by atoms with E-state index in [1.807, 2.05) is 0 Å². The number of hydrogen-bond donors (Lipinski definition) is 2. The molecule has 0 radical (unpaired) electrons. The zero-order chi connectivity index (χ0) is 25.8. The molecule has 0 fully saturated rings. The summed E-state index contributed by atoms with van der Waals surface area (Å²) in [5.74, 6) is -0.0704. The Labute approximate surface area is 210 Å². The lowest BCUT2D eigenvalue weighted by atomic mass is 10.1. The third-order valence-electron chi connectivity index (χ3n) is 4.88. The highest BCUT2D eigenvalue weighted by molar-refractivity contribution is 6.33. The second-order valence-electron chi connectivity index (χ2n) is 7.38. The standard InChI is InChI=1S/C25H20Cl2F3N3O2/c1-14-11-21(22(35-2)12-18(14)27)33-24(34)16-9-7-15(8-10-16)20(13-23(31)25(28,29)30)32-19-6-4-3-5-17(19)26/h3-13H,31H2,1-2H3,(H,33,34)/b23-13-,32-20?. The predicted octanol–water partition coefficient (Wildman–Crippen LogP) is 7.09. The van der Waals surface area contributed by atoms with Crippen molar-refractivity contribution >= 4 is 46.2 Å². The topological polar surface area (TPSA) is 76.7 Å². The normalized spacial score (nSPS) is 12.4. The molecule has 0 atom stereocenters. The first-order valence-electron chi connectivity index (χ1n) is 10.1. The number of carbonyl (C=O) groups excluding carboxylic acids is 1. The van der Waals surface area contributed by atoms with Crippen LogP contribution in [0.5, 0.6) is 5.75 Å². The minimum atomic E-state index is -4.74. The van der Waals surface area contributed by atoms with Gasteiger partial charge in [0.15, 0.2) is 0 Å². The quantitative estimate of drug-likeness (QED) is 0.340. The number of para-hydroxylation sites is 1. The number of benzene rings is 3. The Kier molecular flexibility index (Phi) is 8.09. The number of nitrogens with one attached hydrogen (secondary N) is 1. The minimum absolute atomic E-state index is 0.0742. The second kappa shape index (κ2) is 10.8. The van der Waals surface area contributed by atoms with Crippen molar-refractivity contribution in [3.8, 4) is 5.75 Å². The number of ether oxygens (including phenoxy) is 1. The Morgan fingerprint density at radius 2 is 1.66 bits per heavy atom. The van der Waals surface area contributed by atoms with Crippen molar-refractivity contribution in [2.75, 3.05) is 12.4 Å². The number of anilines is 1. The van der Waals surface area contributed by atoms with Crippen molar-refractivity contribution < 1.29 is 22.7 Å². The average molecular weight is 522 g/mol. The number of alkyl halides is 3. The number of rotatable bonds is 6. The zero-order valence-electron chi connectivity index (χ0n) is 18.6. The molecule has 3 N–H and O–H groups in total. The van der Waals surface area contributed by atoms with Gasteiger partial charge in [-0.2, -0.15) is 13.2 Å². The number of methoxy groups -OCH3 is 1. The van der Waals surface area contributed by atoms with Gasteiger partial charge in [-0.25, -0.2) is 4.99 Å². The van der Waals surface area contributed by atoms with Gasteiger partial charge in [0, 0.05) is 22.2 Å². The van der Waals surface area contributed by atoms with Crippen LogP contribution >= 0.6 is 23.2 Å². The third kappa shape index (κ3) is 6.55. The number of nitrogens with two attached hydrogens (primary N) is 1. The smallest absolute Gasteiger partial charge is 0.430 e. The van der Waals surface area contributed by atoms with Crippen LogP contribution in [0, 0.1) is 6.92 Å². The van der Waals surface area contributed by atoms with E-state index < -0.39 is 17.8 Å². The van der Waals surface area contributed by atoms with Gasteiger partial charge in [0.05, 0.1) is 29.2 Å². The lowest BCUT2D eigenvalue weighted by molar-refractivity contribution is -0.0925. The van der Waals surface area contributed by atoms with Gasteiger partial charge >= 0.3 is 6.18 Å². The molecule has 0 unspecified atom stereocenters. The first kappa shape index (κ1) is 26.1. The van der Waals surface area contributed by atoms with Crippen LogP contribution in [0.4, 0.5) is 24.5 Å². The van der Waals surface area contributed by atoms with Crippen LogP contribution in [0.3, 0.4) is 0 Å². The summed E-state index contributed by atoms with van der Waals surface area (Å²) in [6, 6.07) is 15.6. The average Bonchev–Trinajstić information content (AvgIpc) is 2.81. The van der Waals surface area contributed by atoms with Crippen molar-refractivity contribution in [3.63, 3.8) is 0 Å². The fourth-order valence-electron chi connectivity index (χ4n) is 3.00. The molecule has 1 amide bonds. The summed E-state index contributed by atoms with van der Waals surface area (Å²) in [6.45, 7) is 1.78. The summed E-state index contributed by atoms with van der Waals surface area (Å²) in [4.78, 5) is 17.0. The van der Waals surface area contributed by atoms with E-state index in [2.05, 4.69) is 10.3 Å². The summed E-state index contributed by atoms with van der Waals surface area (Å²) < 4.78 is 44.5. The molecule has 35 heavy (non-hydrogen) atoms. The number of hydrogen-bond acceptors (Lipinski definition) is 4. The van der Waals surface area contributed by atoms with E-state index in [0.717, 1.165) is 11.6 Å². The van der Waals surface area contributed by atoms with Crippen molar-refractivity contribution in [3.05, 3.63) is 99.2 Å². The van der Waals surface area contributed by atoms with E-state index in [4.69, 9.17) is 33.7 Å². The SMILES string of the molecule is COc1cc(Cl)c(C)cc1NC(=O)c1ccc(C(/C=C(\N)C(F)(F)F)=Nc2ccccc2Cl)cc1. The Hall–Kier alpha value is -3.49. The van der Waals surface area contributed by atoms with Gasteiger partial charge in [0.1, 0.15) is 11.4 Å². The highest BCUT2D eigenvalue weighted by Gasteiger charge is 2.31. The maximum Gasteiger partial charge on any atom is 0.430 e. The first-order valence-corrected chi connectivity index (χ1v) is 10.9. The summed E-state index contributed by atoms with van der Waals surface area (Å²) >= 11 is 12.2. The van der Waals surface area contributed by atoms with Crippen LogP contribution in [-0.2, 0) is 0 Å². The number of amides is 1. The van der Waals surface area contributed by atoms with Crippen molar-refractivity contribution in [2.24, 2.45) is 10.7 Å². The molecule has 10 heteroatoms. The van der Waals surface area contributed by atoms with Gasteiger partial charge in [-0.1, -0.05) is 47.5 Å². The highest BCUT2D eigenvalue weighted by Crippen LogP contribution is 2.31. The first-order chi connectivity index (χ1) is 16.5. The van der Waals surface area contributed by atoms with Gasteiger partial charge in [-0.3, -0.25) is 4.79 Å². The molecule has 0 saturated carbocycles. The largest absolute Gasteiger partial charge is 0.495 e. The molecule has 3 aromatic carbocycles. The van der Waals surface area contributed by atoms with E-state index in [1.54, 1.807) is 43.3 Å². The lowest BCUT2D eigenvalue weighted by Crippen LogP contribution is -2.21. The van der Waals surface area contributed by atoms with Crippen LogP contribution < -0.4 is 15.8 Å². The molecule has 0 bridgehead atoms. The fourth-order valence-corrected chi connectivity index (χ4v) is 3.33. The summed E-state index contributed by atoms with van der Waals surface area (Å²) in [6.07, 6.45) is -4.02. The van der Waals surface area contributed by atoms with Crippen molar-refractivity contribution in [2.45, 2.75) is 13.1 Å². The summed E-state index contributed by atoms with van der Waals surface area (Å²) in [5.41, 5.74) is 5.82. The zero-order valence-corrected chi connectivity index (χ0v) is 20.1. The fraction of sp³-hybridized carbons (Fsp3) is 0.120. The highest BCUT2D eigenvalue weighted by atomic mass is 35.5. The van der Waals surface area contributed by atoms with Crippen LogP contribution in [0.15, 0.2) is 77.4 Å². The molecule has 3 aromatic rings. The van der Waals surface area contributed by atoms with Gasteiger partial charge in [-0.05, 0) is 48.9 Å². The van der Waals surface area contributed by atoms with Crippen molar-refractivity contribution in [1.82, 2.24) is 0 Å². The van der Waals surface area contributed by atoms with E-state index in [1.165, 1.54) is 31.4 Å². The molecule has 182 valence electrons. The molecule has 3 rings (SSSR count). The minimum Gasteiger partial charge on any atom is -0.495 e. The van der Waals surface area contributed by atoms with E-state index in [-0.39, 0.29) is 22.0 Å². The van der Waals surface area contributed by atoms with Crippen LogP contribution in [0.2, 0.25) is 10.0 Å². The molecule has 0 spiro atoms. The monoisotopic (exact) mass is 521 g/mol. The third-order valence-corrected chi connectivity index (χ3v) is 5.61. The second-order valence-corrected chi connectivity index (χ2v) is 8.19. The van der Waals surface area contributed by atoms with Gasteiger partial charge in [-0.15, -0.1) is 0 Å². The van der Waals surface area contributed by atoms with E-state index >= 15 is 0 Å². The molecule has 0 aliphatic rings. The molecule has 0 aliphatic heterocycles. The van der Waals surface area contributed by atoms with Gasteiger partial charge in [0.25, 0.3) is 5.91 Å².